The standard InChI is InChI=1S/C17H19ClN6O/c1-2-5-19-17(25)23-6-7-24-12(10-23)9-15(22-24)16-20-13-4-3-11(18)8-14(13)21-16/h3-4,8-9H,2,5-7,10H2,1H3,(H,19,25)(H,20,21). The minimum Gasteiger partial charge on any atom is -0.338 e. The Morgan fingerprint density at radius 2 is 2.24 bits per heavy atom. The highest BCUT2D eigenvalue weighted by Gasteiger charge is 2.23. The summed E-state index contributed by atoms with van der Waals surface area (Å²) in [6, 6.07) is 7.52. The number of urea groups is 1. The second-order valence-electron chi connectivity index (χ2n) is 6.14. The highest BCUT2D eigenvalue weighted by molar-refractivity contribution is 6.31. The van der Waals surface area contributed by atoms with Crippen LogP contribution in [0, 0.1) is 0 Å². The van der Waals surface area contributed by atoms with Crippen LogP contribution < -0.4 is 5.32 Å². The van der Waals surface area contributed by atoms with Gasteiger partial charge >= 0.3 is 6.03 Å². The van der Waals surface area contributed by atoms with E-state index in [2.05, 4.69) is 20.4 Å². The Hall–Kier alpha value is -2.54. The summed E-state index contributed by atoms with van der Waals surface area (Å²) >= 11 is 6.03. The number of carbonyl (C=O) groups excluding carboxylic acids is 1. The van der Waals surface area contributed by atoms with Crippen LogP contribution >= 0.6 is 11.6 Å². The fourth-order valence-corrected chi connectivity index (χ4v) is 3.17. The third kappa shape index (κ3) is 3.07. The summed E-state index contributed by atoms with van der Waals surface area (Å²) in [4.78, 5) is 21.8. The van der Waals surface area contributed by atoms with Crippen molar-refractivity contribution >= 4 is 28.7 Å². The molecule has 0 saturated heterocycles. The lowest BCUT2D eigenvalue weighted by atomic mass is 10.3. The van der Waals surface area contributed by atoms with E-state index in [1.165, 1.54) is 0 Å². The molecule has 25 heavy (non-hydrogen) atoms. The van der Waals surface area contributed by atoms with Crippen LogP contribution in [0.4, 0.5) is 4.79 Å². The van der Waals surface area contributed by atoms with Crippen LogP contribution in [0.1, 0.15) is 19.0 Å². The lowest BCUT2D eigenvalue weighted by Gasteiger charge is -2.27. The molecular formula is C17H19ClN6O. The van der Waals surface area contributed by atoms with Gasteiger partial charge in [0.15, 0.2) is 5.82 Å². The molecule has 7 nitrogen and oxygen atoms in total. The molecule has 1 aliphatic rings. The predicted octanol–water partition coefficient (Wildman–Crippen LogP) is 3.02. The quantitative estimate of drug-likeness (QED) is 0.755. The minimum atomic E-state index is -0.0192. The average molecular weight is 359 g/mol. The number of halogens is 1. The van der Waals surface area contributed by atoms with Crippen molar-refractivity contribution in [1.29, 1.82) is 0 Å². The van der Waals surface area contributed by atoms with Gasteiger partial charge in [-0.25, -0.2) is 9.78 Å². The number of rotatable bonds is 3. The Bertz CT molecular complexity index is 931. The summed E-state index contributed by atoms with van der Waals surface area (Å²) in [5, 5.41) is 8.21. The first-order valence-electron chi connectivity index (χ1n) is 8.39. The molecule has 2 amide bonds. The number of fused-ring (bicyclic) bond motifs is 2. The number of amides is 2. The smallest absolute Gasteiger partial charge is 0.317 e. The number of benzene rings is 1. The zero-order valence-corrected chi connectivity index (χ0v) is 14.7. The number of imidazole rings is 1. The molecule has 0 atom stereocenters. The molecule has 3 heterocycles. The van der Waals surface area contributed by atoms with Crippen LogP contribution in [0.15, 0.2) is 24.3 Å². The van der Waals surface area contributed by atoms with E-state index in [9.17, 15) is 4.79 Å². The Morgan fingerprint density at radius 3 is 3.08 bits per heavy atom. The van der Waals surface area contributed by atoms with E-state index in [0.717, 1.165) is 28.8 Å². The van der Waals surface area contributed by atoms with Gasteiger partial charge in [-0.05, 0) is 30.7 Å². The number of H-pyrrole nitrogens is 1. The van der Waals surface area contributed by atoms with E-state index in [1.54, 1.807) is 0 Å². The molecule has 8 heteroatoms. The van der Waals surface area contributed by atoms with Gasteiger partial charge in [-0.2, -0.15) is 5.10 Å². The fraction of sp³-hybridized carbons (Fsp3) is 0.353. The SMILES string of the molecule is CCCNC(=O)N1CCn2nc(-c3nc4ccc(Cl)cc4[nH]3)cc2C1. The zero-order chi connectivity index (χ0) is 17.4. The first-order chi connectivity index (χ1) is 12.1. The molecular weight excluding hydrogens is 340 g/mol. The maximum Gasteiger partial charge on any atom is 0.317 e. The van der Waals surface area contributed by atoms with Crippen molar-refractivity contribution in [1.82, 2.24) is 30.0 Å². The van der Waals surface area contributed by atoms with Gasteiger partial charge in [0.25, 0.3) is 0 Å². The highest BCUT2D eigenvalue weighted by Crippen LogP contribution is 2.24. The van der Waals surface area contributed by atoms with E-state index in [1.807, 2.05) is 40.8 Å². The summed E-state index contributed by atoms with van der Waals surface area (Å²) in [6.45, 7) is 4.62. The van der Waals surface area contributed by atoms with E-state index in [0.29, 0.717) is 37.0 Å². The normalized spacial score (nSPS) is 13.9. The number of carbonyl (C=O) groups is 1. The van der Waals surface area contributed by atoms with Gasteiger partial charge in [0.05, 0.1) is 29.8 Å². The van der Waals surface area contributed by atoms with Gasteiger partial charge in [0.2, 0.25) is 0 Å². The number of nitrogens with zero attached hydrogens (tertiary/aromatic N) is 4. The van der Waals surface area contributed by atoms with Crippen molar-refractivity contribution in [3.8, 4) is 11.5 Å². The average Bonchev–Trinajstić information content (AvgIpc) is 3.21. The first-order valence-corrected chi connectivity index (χ1v) is 8.77. The van der Waals surface area contributed by atoms with Crippen molar-refractivity contribution in [2.75, 3.05) is 13.1 Å². The highest BCUT2D eigenvalue weighted by atomic mass is 35.5. The fourth-order valence-electron chi connectivity index (χ4n) is 3.00. The number of aromatic amines is 1. The Balaban J connectivity index is 1.58. The van der Waals surface area contributed by atoms with Gasteiger partial charge in [0.1, 0.15) is 5.69 Å². The van der Waals surface area contributed by atoms with Crippen molar-refractivity contribution < 1.29 is 4.79 Å². The molecule has 2 N–H and O–H groups in total. The second-order valence-corrected chi connectivity index (χ2v) is 6.58. The van der Waals surface area contributed by atoms with Crippen molar-refractivity contribution in [2.24, 2.45) is 0 Å². The van der Waals surface area contributed by atoms with Crippen LogP contribution in [0.25, 0.3) is 22.6 Å². The largest absolute Gasteiger partial charge is 0.338 e. The molecule has 3 aromatic rings. The minimum absolute atomic E-state index is 0.0192. The maximum absolute atomic E-state index is 12.1. The predicted molar refractivity (Wildman–Crippen MR) is 96.4 cm³/mol. The molecule has 1 aliphatic heterocycles. The topological polar surface area (TPSA) is 78.8 Å². The molecule has 0 aliphatic carbocycles. The molecule has 0 radical (unpaired) electrons. The number of aromatic nitrogens is 4. The van der Waals surface area contributed by atoms with Crippen LogP contribution in [-0.2, 0) is 13.1 Å². The Kier molecular flexibility index (Phi) is 4.09. The lowest BCUT2D eigenvalue weighted by molar-refractivity contribution is 0.181. The zero-order valence-electron chi connectivity index (χ0n) is 13.9. The molecule has 0 bridgehead atoms. The van der Waals surface area contributed by atoms with Crippen LogP contribution in [0.5, 0.6) is 0 Å². The maximum atomic E-state index is 12.1. The van der Waals surface area contributed by atoms with Gasteiger partial charge in [0, 0.05) is 18.1 Å². The molecule has 2 aromatic heterocycles. The van der Waals surface area contributed by atoms with Gasteiger partial charge in [-0.1, -0.05) is 18.5 Å². The Morgan fingerprint density at radius 1 is 1.36 bits per heavy atom. The number of nitrogens with one attached hydrogen (secondary N) is 2. The lowest BCUT2D eigenvalue weighted by Crippen LogP contribution is -2.44. The summed E-state index contributed by atoms with van der Waals surface area (Å²) in [5.74, 6) is 0.709. The van der Waals surface area contributed by atoms with Crippen molar-refractivity contribution in [2.45, 2.75) is 26.4 Å². The monoisotopic (exact) mass is 358 g/mol. The molecule has 130 valence electrons. The van der Waals surface area contributed by atoms with E-state index in [4.69, 9.17) is 11.6 Å². The third-order valence-corrected chi connectivity index (χ3v) is 4.53. The van der Waals surface area contributed by atoms with Crippen molar-refractivity contribution in [3.63, 3.8) is 0 Å². The van der Waals surface area contributed by atoms with E-state index < -0.39 is 0 Å². The van der Waals surface area contributed by atoms with Gasteiger partial charge < -0.3 is 15.2 Å². The van der Waals surface area contributed by atoms with Crippen LogP contribution in [0.3, 0.4) is 0 Å². The molecule has 0 fully saturated rings. The molecule has 0 spiro atoms. The van der Waals surface area contributed by atoms with E-state index >= 15 is 0 Å². The summed E-state index contributed by atoms with van der Waals surface area (Å²) in [5.41, 5.74) is 3.52. The first kappa shape index (κ1) is 16.0. The van der Waals surface area contributed by atoms with Crippen molar-refractivity contribution in [3.05, 3.63) is 35.0 Å². The second kappa shape index (κ2) is 6.40. The van der Waals surface area contributed by atoms with Gasteiger partial charge in [-0.15, -0.1) is 0 Å². The van der Waals surface area contributed by atoms with Crippen LogP contribution in [-0.4, -0.2) is 43.8 Å². The Labute approximate surface area is 150 Å². The summed E-state index contributed by atoms with van der Waals surface area (Å²) < 4.78 is 1.94. The van der Waals surface area contributed by atoms with Gasteiger partial charge in [-0.3, -0.25) is 4.68 Å². The molecule has 1 aromatic carbocycles. The van der Waals surface area contributed by atoms with E-state index in [-0.39, 0.29) is 6.03 Å². The molecule has 0 saturated carbocycles. The molecule has 4 rings (SSSR count). The summed E-state index contributed by atoms with van der Waals surface area (Å²) in [7, 11) is 0. The van der Waals surface area contributed by atoms with Crippen LogP contribution in [0.2, 0.25) is 5.02 Å². The number of hydrogen-bond donors (Lipinski definition) is 2. The third-order valence-electron chi connectivity index (χ3n) is 4.30. The summed E-state index contributed by atoms with van der Waals surface area (Å²) in [6.07, 6.45) is 0.928. The number of hydrogen-bond acceptors (Lipinski definition) is 3. The molecule has 0 unspecified atom stereocenters.